The summed E-state index contributed by atoms with van der Waals surface area (Å²) in [6.45, 7) is 1.97. The van der Waals surface area contributed by atoms with Crippen LogP contribution in [0.2, 0.25) is 0 Å². The van der Waals surface area contributed by atoms with E-state index in [-0.39, 0.29) is 5.70 Å². The monoisotopic (exact) mass is 315 g/mol. The number of fused-ring (bicyclic) bond motifs is 1. The summed E-state index contributed by atoms with van der Waals surface area (Å²) in [5, 5.41) is 0. The zero-order chi connectivity index (χ0) is 16.5. The first-order chi connectivity index (χ1) is 11.7. The zero-order valence-corrected chi connectivity index (χ0v) is 12.9. The molecule has 24 heavy (non-hydrogen) atoms. The molecule has 1 aliphatic rings. The highest BCUT2D eigenvalue weighted by molar-refractivity contribution is 6.12. The summed E-state index contributed by atoms with van der Waals surface area (Å²) in [4.78, 5) is 25.2. The average molecular weight is 315 g/mol. The molecule has 0 atom stereocenters. The van der Waals surface area contributed by atoms with Gasteiger partial charge >= 0.3 is 5.97 Å². The molecule has 0 bridgehead atoms. The van der Waals surface area contributed by atoms with E-state index in [1.807, 2.05) is 55.5 Å². The van der Waals surface area contributed by atoms with E-state index in [1.54, 1.807) is 12.3 Å². The molecular weight excluding hydrogens is 302 g/mol. The number of carbonyl (C=O) groups excluding carboxylic acids is 1. The van der Waals surface area contributed by atoms with Gasteiger partial charge in [-0.15, -0.1) is 0 Å². The highest BCUT2D eigenvalue weighted by Crippen LogP contribution is 2.19. The quantitative estimate of drug-likeness (QED) is 0.538. The fraction of sp³-hybridized carbons (Fsp3) is 0.0526. The second-order valence-corrected chi connectivity index (χ2v) is 5.49. The Labute approximate surface area is 138 Å². The number of nitrogens with zero attached hydrogens (tertiary/aromatic N) is 3. The van der Waals surface area contributed by atoms with Crippen LogP contribution in [-0.4, -0.2) is 21.8 Å². The molecule has 3 aromatic rings. The van der Waals surface area contributed by atoms with Crippen LogP contribution in [0.1, 0.15) is 16.8 Å². The number of carbonyl (C=O) groups is 1. The van der Waals surface area contributed by atoms with E-state index >= 15 is 0 Å². The van der Waals surface area contributed by atoms with Gasteiger partial charge in [0.25, 0.3) is 0 Å². The number of hydrogen-bond acceptors (Lipinski definition) is 5. The first-order valence-corrected chi connectivity index (χ1v) is 7.50. The zero-order valence-electron chi connectivity index (χ0n) is 12.9. The van der Waals surface area contributed by atoms with E-state index in [4.69, 9.17) is 4.74 Å². The second-order valence-electron chi connectivity index (χ2n) is 5.49. The molecule has 0 N–H and O–H groups in total. The van der Waals surface area contributed by atoms with Gasteiger partial charge in [0.15, 0.2) is 5.70 Å². The van der Waals surface area contributed by atoms with Crippen LogP contribution >= 0.6 is 0 Å². The minimum Gasteiger partial charge on any atom is -0.402 e. The summed E-state index contributed by atoms with van der Waals surface area (Å²) in [5.41, 5.74) is 4.20. The summed E-state index contributed by atoms with van der Waals surface area (Å²) >= 11 is 0. The van der Waals surface area contributed by atoms with Crippen LogP contribution in [-0.2, 0) is 9.53 Å². The number of aromatic nitrogens is 2. The van der Waals surface area contributed by atoms with Gasteiger partial charge in [-0.2, -0.15) is 0 Å². The maximum Gasteiger partial charge on any atom is 0.363 e. The van der Waals surface area contributed by atoms with E-state index in [2.05, 4.69) is 15.0 Å². The van der Waals surface area contributed by atoms with E-state index in [0.29, 0.717) is 11.6 Å². The van der Waals surface area contributed by atoms with E-state index in [1.165, 1.54) is 0 Å². The van der Waals surface area contributed by atoms with Gasteiger partial charge < -0.3 is 4.74 Å². The van der Waals surface area contributed by atoms with Crippen molar-refractivity contribution in [2.24, 2.45) is 4.99 Å². The predicted molar refractivity (Wildman–Crippen MR) is 91.3 cm³/mol. The van der Waals surface area contributed by atoms with Gasteiger partial charge in [-0.05, 0) is 37.3 Å². The van der Waals surface area contributed by atoms with E-state index in [0.717, 1.165) is 22.2 Å². The smallest absolute Gasteiger partial charge is 0.363 e. The van der Waals surface area contributed by atoms with Gasteiger partial charge in [-0.3, -0.25) is 4.98 Å². The lowest BCUT2D eigenvalue weighted by Crippen LogP contribution is -2.05. The number of cyclic esters (lactones) is 1. The van der Waals surface area contributed by atoms with Crippen LogP contribution in [0.25, 0.3) is 17.1 Å². The molecule has 5 heteroatoms. The Morgan fingerprint density at radius 2 is 1.88 bits per heavy atom. The van der Waals surface area contributed by atoms with Crippen LogP contribution < -0.4 is 0 Å². The molecule has 0 fully saturated rings. The molecule has 5 nitrogen and oxygen atoms in total. The van der Waals surface area contributed by atoms with E-state index in [9.17, 15) is 4.79 Å². The summed E-state index contributed by atoms with van der Waals surface area (Å²) in [6.07, 6.45) is 3.20. The number of aryl methyl sites for hydroxylation is 1. The molecule has 4 rings (SSSR count). The number of benzene rings is 2. The normalized spacial score (nSPS) is 15.6. The lowest BCUT2D eigenvalue weighted by atomic mass is 10.1. The Morgan fingerprint density at radius 1 is 1.04 bits per heavy atom. The topological polar surface area (TPSA) is 64.4 Å². The molecule has 1 aromatic heterocycles. The van der Waals surface area contributed by atoms with Crippen LogP contribution in [0, 0.1) is 6.92 Å². The Balaban J connectivity index is 1.71. The molecule has 0 aliphatic carbocycles. The standard InChI is InChI=1S/C19H13N3O2/c1-12-5-4-6-13(9-12)18-22-17(19(23)24-18)10-14-11-20-15-7-2-3-8-16(15)21-14/h2-11H,1H3/b17-10-. The molecule has 0 spiro atoms. The first-order valence-electron chi connectivity index (χ1n) is 7.50. The lowest BCUT2D eigenvalue weighted by Gasteiger charge is -1.99. The fourth-order valence-electron chi connectivity index (χ4n) is 2.49. The summed E-state index contributed by atoms with van der Waals surface area (Å²) < 4.78 is 5.27. The van der Waals surface area contributed by atoms with Crippen molar-refractivity contribution in [2.75, 3.05) is 0 Å². The molecule has 0 unspecified atom stereocenters. The molecule has 0 radical (unpaired) electrons. The maximum absolute atomic E-state index is 12.1. The molecule has 0 saturated heterocycles. The SMILES string of the molecule is Cc1cccc(C2=N/C(=C\c3cnc4ccccc4n3)C(=O)O2)c1. The third kappa shape index (κ3) is 2.67. The van der Waals surface area contributed by atoms with Crippen LogP contribution in [0.15, 0.2) is 65.4 Å². The predicted octanol–water partition coefficient (Wildman–Crippen LogP) is 3.28. The lowest BCUT2D eigenvalue weighted by molar-refractivity contribution is -0.129. The molecule has 2 aromatic carbocycles. The summed E-state index contributed by atoms with van der Waals surface area (Å²) in [5.74, 6) is -0.176. The van der Waals surface area contributed by atoms with Gasteiger partial charge in [0.05, 0.1) is 22.9 Å². The molecule has 0 saturated carbocycles. The number of esters is 1. The second kappa shape index (κ2) is 5.70. The maximum atomic E-state index is 12.1. The number of para-hydroxylation sites is 2. The van der Waals surface area contributed by atoms with Crippen molar-refractivity contribution >= 4 is 29.0 Å². The molecule has 116 valence electrons. The summed E-state index contributed by atoms with van der Waals surface area (Å²) in [7, 11) is 0. The van der Waals surface area contributed by atoms with Gasteiger partial charge in [0, 0.05) is 5.56 Å². The minimum absolute atomic E-state index is 0.219. The number of aliphatic imine (C=N–C) groups is 1. The van der Waals surface area contributed by atoms with Gasteiger partial charge in [-0.25, -0.2) is 14.8 Å². The molecule has 2 heterocycles. The Hall–Kier alpha value is -3.34. The van der Waals surface area contributed by atoms with Crippen LogP contribution in [0.5, 0.6) is 0 Å². The Bertz CT molecular complexity index is 1020. The van der Waals surface area contributed by atoms with Gasteiger partial charge in [0.1, 0.15) is 0 Å². The Kier molecular flexibility index (Phi) is 3.39. The van der Waals surface area contributed by atoms with Crippen molar-refractivity contribution < 1.29 is 9.53 Å². The first kappa shape index (κ1) is 14.3. The number of ether oxygens (including phenoxy) is 1. The number of hydrogen-bond donors (Lipinski definition) is 0. The van der Waals surface area contributed by atoms with Gasteiger partial charge in [0.2, 0.25) is 5.90 Å². The van der Waals surface area contributed by atoms with Crippen molar-refractivity contribution in [3.8, 4) is 0 Å². The van der Waals surface area contributed by atoms with E-state index < -0.39 is 5.97 Å². The summed E-state index contributed by atoms with van der Waals surface area (Å²) in [6, 6.07) is 15.2. The van der Waals surface area contributed by atoms with Crippen molar-refractivity contribution in [3.63, 3.8) is 0 Å². The third-order valence-electron chi connectivity index (χ3n) is 3.64. The van der Waals surface area contributed by atoms with Crippen molar-refractivity contribution in [2.45, 2.75) is 6.92 Å². The third-order valence-corrected chi connectivity index (χ3v) is 3.64. The highest BCUT2D eigenvalue weighted by atomic mass is 16.6. The van der Waals surface area contributed by atoms with Crippen molar-refractivity contribution in [3.05, 3.63) is 77.2 Å². The molecule has 1 aliphatic heterocycles. The Morgan fingerprint density at radius 3 is 2.71 bits per heavy atom. The largest absolute Gasteiger partial charge is 0.402 e. The number of rotatable bonds is 2. The van der Waals surface area contributed by atoms with Crippen LogP contribution in [0.3, 0.4) is 0 Å². The van der Waals surface area contributed by atoms with Gasteiger partial charge in [-0.1, -0.05) is 29.8 Å². The fourth-order valence-corrected chi connectivity index (χ4v) is 2.49. The minimum atomic E-state index is -0.485. The molecular formula is C19H13N3O2. The average Bonchev–Trinajstić information content (AvgIpc) is 2.96. The van der Waals surface area contributed by atoms with Crippen molar-refractivity contribution in [1.82, 2.24) is 9.97 Å². The molecule has 0 amide bonds. The van der Waals surface area contributed by atoms with Crippen molar-refractivity contribution in [1.29, 1.82) is 0 Å². The highest BCUT2D eigenvalue weighted by Gasteiger charge is 2.24. The van der Waals surface area contributed by atoms with Crippen LogP contribution in [0.4, 0.5) is 0 Å².